The maximum Gasteiger partial charge on any atom is 0.0385 e. The van der Waals surface area contributed by atoms with Crippen molar-refractivity contribution < 1.29 is 0 Å². The molecular formula is C30H24Br2N4. The molecule has 4 N–H and O–H groups in total. The van der Waals surface area contributed by atoms with Crippen molar-refractivity contribution in [2.24, 2.45) is 0 Å². The number of anilines is 8. The Balaban J connectivity index is 1.14. The van der Waals surface area contributed by atoms with E-state index in [1.165, 1.54) is 0 Å². The van der Waals surface area contributed by atoms with Gasteiger partial charge in [0.1, 0.15) is 0 Å². The molecular weight excluding hydrogens is 576 g/mol. The zero-order valence-electron chi connectivity index (χ0n) is 19.3. The molecule has 0 atom stereocenters. The number of nitrogens with one attached hydrogen (secondary N) is 4. The molecule has 0 bridgehead atoms. The molecule has 0 radical (unpaired) electrons. The standard InChI is InChI=1S/C30H24Br2N4/c31-21-1-5-23(6-2-21)33-25-9-13-27(14-10-25)35-29-17-19-30(20-18-29)36-28-15-11-26(12-16-28)34-24-7-3-22(32)4-8-24/h1-20,33-36H. The first kappa shape index (κ1) is 24.0. The van der Waals surface area contributed by atoms with Crippen LogP contribution in [-0.4, -0.2) is 0 Å². The minimum atomic E-state index is 1.03. The Kier molecular flexibility index (Phi) is 7.55. The molecule has 0 saturated heterocycles. The maximum absolute atomic E-state index is 3.46. The lowest BCUT2D eigenvalue weighted by Gasteiger charge is -2.12. The summed E-state index contributed by atoms with van der Waals surface area (Å²) in [5.74, 6) is 0. The van der Waals surface area contributed by atoms with E-state index < -0.39 is 0 Å². The number of rotatable bonds is 8. The van der Waals surface area contributed by atoms with Crippen LogP contribution in [-0.2, 0) is 0 Å². The van der Waals surface area contributed by atoms with E-state index in [9.17, 15) is 0 Å². The maximum atomic E-state index is 3.46. The Morgan fingerprint density at radius 3 is 0.556 bits per heavy atom. The van der Waals surface area contributed by atoms with Crippen LogP contribution in [0, 0.1) is 0 Å². The monoisotopic (exact) mass is 598 g/mol. The van der Waals surface area contributed by atoms with Crippen molar-refractivity contribution in [2.45, 2.75) is 0 Å². The fraction of sp³-hybridized carbons (Fsp3) is 0. The van der Waals surface area contributed by atoms with E-state index >= 15 is 0 Å². The summed E-state index contributed by atoms with van der Waals surface area (Å²) < 4.78 is 2.13. The average Bonchev–Trinajstić information content (AvgIpc) is 2.90. The summed E-state index contributed by atoms with van der Waals surface area (Å²) in [6.07, 6.45) is 0. The zero-order valence-corrected chi connectivity index (χ0v) is 22.5. The van der Waals surface area contributed by atoms with Gasteiger partial charge < -0.3 is 21.3 Å². The molecule has 0 fully saturated rings. The number of hydrogen-bond acceptors (Lipinski definition) is 4. The Bertz CT molecular complexity index is 1290. The van der Waals surface area contributed by atoms with E-state index in [1.54, 1.807) is 0 Å². The summed E-state index contributed by atoms with van der Waals surface area (Å²) in [6.45, 7) is 0. The van der Waals surface area contributed by atoms with Crippen LogP contribution in [0.15, 0.2) is 130 Å². The summed E-state index contributed by atoms with van der Waals surface area (Å²) in [7, 11) is 0. The van der Waals surface area contributed by atoms with Crippen LogP contribution in [0.2, 0.25) is 0 Å². The Morgan fingerprint density at radius 2 is 0.389 bits per heavy atom. The number of hydrogen-bond donors (Lipinski definition) is 4. The van der Waals surface area contributed by atoms with Crippen LogP contribution in [0.1, 0.15) is 0 Å². The van der Waals surface area contributed by atoms with Crippen molar-refractivity contribution in [1.82, 2.24) is 0 Å². The molecule has 5 aromatic rings. The molecule has 0 unspecified atom stereocenters. The van der Waals surface area contributed by atoms with Gasteiger partial charge in [-0.1, -0.05) is 31.9 Å². The second-order valence-electron chi connectivity index (χ2n) is 8.25. The van der Waals surface area contributed by atoms with Crippen molar-refractivity contribution >= 4 is 77.4 Å². The predicted molar refractivity (Wildman–Crippen MR) is 161 cm³/mol. The lowest BCUT2D eigenvalue weighted by molar-refractivity contribution is 1.49. The first-order valence-corrected chi connectivity index (χ1v) is 13.1. The Morgan fingerprint density at radius 1 is 0.250 bits per heavy atom. The van der Waals surface area contributed by atoms with E-state index in [2.05, 4.69) is 126 Å². The lowest BCUT2D eigenvalue weighted by atomic mass is 10.2. The first-order valence-electron chi connectivity index (χ1n) is 11.5. The molecule has 0 aliphatic rings. The van der Waals surface area contributed by atoms with Gasteiger partial charge in [0.05, 0.1) is 0 Å². The lowest BCUT2D eigenvalue weighted by Crippen LogP contribution is -1.94. The molecule has 0 aliphatic carbocycles. The van der Waals surface area contributed by atoms with Gasteiger partial charge in [0.25, 0.3) is 0 Å². The highest BCUT2D eigenvalue weighted by Crippen LogP contribution is 2.26. The van der Waals surface area contributed by atoms with Crippen LogP contribution >= 0.6 is 31.9 Å². The summed E-state index contributed by atoms with van der Waals surface area (Å²) in [4.78, 5) is 0. The minimum absolute atomic E-state index is 1.03. The van der Waals surface area contributed by atoms with Crippen LogP contribution < -0.4 is 21.3 Å². The fourth-order valence-corrected chi connectivity index (χ4v) is 4.17. The molecule has 0 amide bonds. The molecule has 6 heteroatoms. The first-order chi connectivity index (χ1) is 17.6. The van der Waals surface area contributed by atoms with Gasteiger partial charge in [0, 0.05) is 54.4 Å². The number of halogens is 2. The quantitative estimate of drug-likeness (QED) is 0.143. The fourth-order valence-electron chi connectivity index (χ4n) is 3.64. The Hall–Kier alpha value is -3.74. The molecule has 5 aromatic carbocycles. The van der Waals surface area contributed by atoms with Crippen LogP contribution in [0.5, 0.6) is 0 Å². The zero-order chi connectivity index (χ0) is 24.7. The predicted octanol–water partition coefficient (Wildman–Crippen LogP) is 10.2. The summed E-state index contributed by atoms with van der Waals surface area (Å²) in [5.41, 5.74) is 8.32. The second-order valence-corrected chi connectivity index (χ2v) is 10.1. The van der Waals surface area contributed by atoms with Gasteiger partial charge in [-0.25, -0.2) is 0 Å². The summed E-state index contributed by atoms with van der Waals surface area (Å²) >= 11 is 6.93. The van der Waals surface area contributed by atoms with E-state index in [0.717, 1.165) is 54.4 Å². The van der Waals surface area contributed by atoms with Gasteiger partial charge in [-0.15, -0.1) is 0 Å². The van der Waals surface area contributed by atoms with E-state index in [4.69, 9.17) is 0 Å². The van der Waals surface area contributed by atoms with Gasteiger partial charge in [0.15, 0.2) is 0 Å². The topological polar surface area (TPSA) is 48.1 Å². The molecule has 5 rings (SSSR count). The van der Waals surface area contributed by atoms with Gasteiger partial charge in [-0.05, 0) is 121 Å². The van der Waals surface area contributed by atoms with E-state index in [0.29, 0.717) is 0 Å². The summed E-state index contributed by atoms with van der Waals surface area (Å²) in [5, 5.41) is 13.7. The molecule has 0 heterocycles. The van der Waals surface area contributed by atoms with E-state index in [-0.39, 0.29) is 0 Å². The highest BCUT2D eigenvalue weighted by atomic mass is 79.9. The van der Waals surface area contributed by atoms with Crippen molar-refractivity contribution in [3.63, 3.8) is 0 Å². The SMILES string of the molecule is Brc1ccc(Nc2ccc(Nc3ccc(Nc4ccc(Nc5ccc(Br)cc5)cc4)cc3)cc2)cc1. The van der Waals surface area contributed by atoms with Crippen molar-refractivity contribution in [2.75, 3.05) is 21.3 Å². The Labute approximate surface area is 228 Å². The van der Waals surface area contributed by atoms with Gasteiger partial charge >= 0.3 is 0 Å². The van der Waals surface area contributed by atoms with Crippen molar-refractivity contribution in [3.05, 3.63) is 130 Å². The molecule has 0 aromatic heterocycles. The highest BCUT2D eigenvalue weighted by molar-refractivity contribution is 9.10. The average molecular weight is 600 g/mol. The minimum Gasteiger partial charge on any atom is -0.356 e. The molecule has 0 saturated carbocycles. The highest BCUT2D eigenvalue weighted by Gasteiger charge is 2.01. The van der Waals surface area contributed by atoms with Crippen LogP contribution in [0.3, 0.4) is 0 Å². The molecule has 0 aliphatic heterocycles. The number of benzene rings is 5. The third kappa shape index (κ3) is 6.68. The van der Waals surface area contributed by atoms with Crippen LogP contribution in [0.25, 0.3) is 0 Å². The van der Waals surface area contributed by atoms with Crippen molar-refractivity contribution in [3.8, 4) is 0 Å². The third-order valence-corrected chi connectivity index (χ3v) is 6.56. The van der Waals surface area contributed by atoms with Gasteiger partial charge in [-0.2, -0.15) is 0 Å². The van der Waals surface area contributed by atoms with Crippen LogP contribution in [0.4, 0.5) is 45.5 Å². The smallest absolute Gasteiger partial charge is 0.0385 e. The third-order valence-electron chi connectivity index (χ3n) is 5.50. The largest absolute Gasteiger partial charge is 0.356 e. The van der Waals surface area contributed by atoms with Gasteiger partial charge in [0.2, 0.25) is 0 Å². The normalized spacial score (nSPS) is 10.5. The molecule has 0 spiro atoms. The molecule has 36 heavy (non-hydrogen) atoms. The second kappa shape index (κ2) is 11.3. The van der Waals surface area contributed by atoms with E-state index in [1.807, 2.05) is 48.5 Å². The molecule has 178 valence electrons. The van der Waals surface area contributed by atoms with Crippen molar-refractivity contribution in [1.29, 1.82) is 0 Å². The molecule has 4 nitrogen and oxygen atoms in total. The summed E-state index contributed by atoms with van der Waals surface area (Å²) in [6, 6.07) is 41.1. The van der Waals surface area contributed by atoms with Gasteiger partial charge in [-0.3, -0.25) is 0 Å².